The van der Waals surface area contributed by atoms with Gasteiger partial charge in [0.25, 0.3) is 0 Å². The standard InChI is InChI=1S/C20H28N4O3S/c1-26-12-11-24(14-25)23-16-9-7-15(8-10-16)21-20-22-18(13-28-20)17-5-3-4-6-19(17)27-2/h3-6,13-16,23H,7-12H2,1-2H3,(H,21,22). The number of carbonyl (C=O) groups excluding carboxylic acids is 1. The van der Waals surface area contributed by atoms with E-state index in [0.29, 0.717) is 25.2 Å². The normalized spacial score (nSPS) is 19.2. The molecule has 3 rings (SSSR count). The largest absolute Gasteiger partial charge is 0.496 e. The van der Waals surface area contributed by atoms with Gasteiger partial charge in [0.1, 0.15) is 5.75 Å². The lowest BCUT2D eigenvalue weighted by molar-refractivity contribution is -0.122. The van der Waals surface area contributed by atoms with Gasteiger partial charge in [-0.25, -0.2) is 10.4 Å². The van der Waals surface area contributed by atoms with Crippen molar-refractivity contribution in [1.82, 2.24) is 15.4 Å². The highest BCUT2D eigenvalue weighted by atomic mass is 32.1. The van der Waals surface area contributed by atoms with Crippen molar-refractivity contribution in [1.29, 1.82) is 0 Å². The predicted octanol–water partition coefficient (Wildman–Crippen LogP) is 3.15. The van der Waals surface area contributed by atoms with Crippen LogP contribution in [-0.4, -0.2) is 55.9 Å². The fourth-order valence-corrected chi connectivity index (χ4v) is 4.22. The number of aromatic nitrogens is 1. The third kappa shape index (κ3) is 5.43. The van der Waals surface area contributed by atoms with E-state index in [4.69, 9.17) is 14.5 Å². The van der Waals surface area contributed by atoms with Crippen LogP contribution in [0.15, 0.2) is 29.6 Å². The lowest BCUT2D eigenvalue weighted by atomic mass is 9.92. The number of nitrogens with one attached hydrogen (secondary N) is 2. The van der Waals surface area contributed by atoms with Crippen molar-refractivity contribution in [3.05, 3.63) is 29.6 Å². The summed E-state index contributed by atoms with van der Waals surface area (Å²) in [6.45, 7) is 1.09. The van der Waals surface area contributed by atoms with Crippen molar-refractivity contribution in [2.24, 2.45) is 0 Å². The number of nitrogens with zero attached hydrogens (tertiary/aromatic N) is 2. The maximum atomic E-state index is 11.1. The van der Waals surface area contributed by atoms with Gasteiger partial charge in [-0.2, -0.15) is 0 Å². The Labute approximate surface area is 170 Å². The fraction of sp³-hybridized carbons (Fsp3) is 0.500. The summed E-state index contributed by atoms with van der Waals surface area (Å²) in [6, 6.07) is 8.65. The van der Waals surface area contributed by atoms with Crippen molar-refractivity contribution in [2.75, 3.05) is 32.7 Å². The van der Waals surface area contributed by atoms with Crippen LogP contribution in [0, 0.1) is 0 Å². The molecule has 1 amide bonds. The Morgan fingerprint density at radius 2 is 1.96 bits per heavy atom. The minimum absolute atomic E-state index is 0.320. The van der Waals surface area contributed by atoms with Crippen LogP contribution in [-0.2, 0) is 9.53 Å². The van der Waals surface area contributed by atoms with Gasteiger partial charge in [-0.1, -0.05) is 12.1 Å². The number of rotatable bonds is 10. The summed E-state index contributed by atoms with van der Waals surface area (Å²) in [5.41, 5.74) is 5.23. The zero-order valence-electron chi connectivity index (χ0n) is 16.4. The van der Waals surface area contributed by atoms with E-state index in [9.17, 15) is 4.79 Å². The molecule has 7 nitrogen and oxygen atoms in total. The Morgan fingerprint density at radius 3 is 2.68 bits per heavy atom. The van der Waals surface area contributed by atoms with E-state index in [1.165, 1.54) is 0 Å². The number of carbonyl (C=O) groups is 1. The molecule has 8 heteroatoms. The second kappa shape index (κ2) is 10.4. The molecule has 28 heavy (non-hydrogen) atoms. The topological polar surface area (TPSA) is 75.7 Å². The maximum absolute atomic E-state index is 11.1. The molecule has 1 aromatic carbocycles. The molecule has 0 saturated heterocycles. The highest BCUT2D eigenvalue weighted by Gasteiger charge is 2.23. The minimum atomic E-state index is 0.320. The number of amides is 1. The third-order valence-corrected chi connectivity index (χ3v) is 5.73. The number of hydrazine groups is 1. The van der Waals surface area contributed by atoms with Gasteiger partial charge in [0.2, 0.25) is 6.41 Å². The molecule has 1 aromatic heterocycles. The van der Waals surface area contributed by atoms with E-state index < -0.39 is 0 Å². The molecule has 0 radical (unpaired) electrons. The predicted molar refractivity (Wildman–Crippen MR) is 112 cm³/mol. The van der Waals surface area contributed by atoms with Crippen LogP contribution < -0.4 is 15.5 Å². The van der Waals surface area contributed by atoms with Crippen LogP contribution in [0.4, 0.5) is 5.13 Å². The highest BCUT2D eigenvalue weighted by molar-refractivity contribution is 7.14. The van der Waals surface area contributed by atoms with Crippen molar-refractivity contribution >= 4 is 22.9 Å². The quantitative estimate of drug-likeness (QED) is 0.468. The summed E-state index contributed by atoms with van der Waals surface area (Å²) >= 11 is 1.62. The molecule has 0 aliphatic heterocycles. The molecule has 1 fully saturated rings. The van der Waals surface area contributed by atoms with Crippen LogP contribution >= 0.6 is 11.3 Å². The molecule has 152 valence electrons. The molecule has 1 saturated carbocycles. The zero-order valence-corrected chi connectivity index (χ0v) is 17.2. The van der Waals surface area contributed by atoms with E-state index in [0.717, 1.165) is 54.2 Å². The zero-order chi connectivity index (χ0) is 19.8. The van der Waals surface area contributed by atoms with Crippen LogP contribution in [0.5, 0.6) is 5.75 Å². The molecule has 0 atom stereocenters. The molecule has 1 heterocycles. The summed E-state index contributed by atoms with van der Waals surface area (Å²) in [6.07, 6.45) is 4.94. The summed E-state index contributed by atoms with van der Waals surface area (Å²) in [5.74, 6) is 0.833. The average Bonchev–Trinajstić information content (AvgIpc) is 3.20. The van der Waals surface area contributed by atoms with Crippen LogP contribution in [0.3, 0.4) is 0 Å². The average molecular weight is 405 g/mol. The van der Waals surface area contributed by atoms with E-state index in [-0.39, 0.29) is 0 Å². The summed E-state index contributed by atoms with van der Waals surface area (Å²) in [7, 11) is 3.32. The molecule has 1 aliphatic rings. The molecule has 2 aromatic rings. The lowest BCUT2D eigenvalue weighted by Crippen LogP contribution is -2.47. The molecular weight excluding hydrogens is 376 g/mol. The number of hydrogen-bond donors (Lipinski definition) is 2. The van der Waals surface area contributed by atoms with Gasteiger partial charge in [0.05, 0.1) is 26.0 Å². The van der Waals surface area contributed by atoms with Crippen molar-refractivity contribution in [2.45, 2.75) is 37.8 Å². The summed E-state index contributed by atoms with van der Waals surface area (Å²) in [4.78, 5) is 15.9. The Morgan fingerprint density at radius 1 is 1.21 bits per heavy atom. The number of ether oxygens (including phenoxy) is 2. The van der Waals surface area contributed by atoms with E-state index in [2.05, 4.69) is 16.1 Å². The Hall–Kier alpha value is -2.16. The van der Waals surface area contributed by atoms with E-state index in [1.54, 1.807) is 30.6 Å². The SMILES string of the molecule is COCCN(C=O)NC1CCC(Nc2nc(-c3ccccc3OC)cs2)CC1. The number of para-hydroxylation sites is 1. The van der Waals surface area contributed by atoms with E-state index >= 15 is 0 Å². The monoisotopic (exact) mass is 404 g/mol. The lowest BCUT2D eigenvalue weighted by Gasteiger charge is -2.32. The van der Waals surface area contributed by atoms with Crippen LogP contribution in [0.1, 0.15) is 25.7 Å². The third-order valence-electron chi connectivity index (χ3n) is 4.95. The summed E-state index contributed by atoms with van der Waals surface area (Å²) in [5, 5.41) is 8.15. The van der Waals surface area contributed by atoms with Gasteiger partial charge < -0.3 is 14.8 Å². The number of methoxy groups -OCH3 is 2. The van der Waals surface area contributed by atoms with Crippen molar-refractivity contribution in [3.8, 4) is 17.0 Å². The smallest absolute Gasteiger partial charge is 0.223 e. The molecule has 0 unspecified atom stereocenters. The van der Waals surface area contributed by atoms with Gasteiger partial charge in [-0.05, 0) is 37.8 Å². The second-order valence-corrected chi connectivity index (χ2v) is 7.71. The Balaban J connectivity index is 1.50. The number of anilines is 1. The first kappa shape index (κ1) is 20.6. The molecule has 1 aliphatic carbocycles. The Bertz CT molecular complexity index is 747. The number of hydrogen-bond acceptors (Lipinski definition) is 7. The second-order valence-electron chi connectivity index (χ2n) is 6.85. The van der Waals surface area contributed by atoms with Crippen LogP contribution in [0.2, 0.25) is 0 Å². The number of thiazole rings is 1. The van der Waals surface area contributed by atoms with Gasteiger partial charge in [-0.3, -0.25) is 9.80 Å². The number of benzene rings is 1. The maximum Gasteiger partial charge on any atom is 0.223 e. The first-order valence-corrected chi connectivity index (χ1v) is 10.4. The van der Waals surface area contributed by atoms with Crippen LogP contribution in [0.25, 0.3) is 11.3 Å². The van der Waals surface area contributed by atoms with E-state index in [1.807, 2.05) is 24.3 Å². The van der Waals surface area contributed by atoms with Gasteiger partial charge in [0.15, 0.2) is 5.13 Å². The molecular formula is C20H28N4O3S. The molecule has 0 bridgehead atoms. The van der Waals surface area contributed by atoms with Gasteiger partial charge >= 0.3 is 0 Å². The first-order chi connectivity index (χ1) is 13.7. The molecule has 0 spiro atoms. The summed E-state index contributed by atoms with van der Waals surface area (Å²) < 4.78 is 10.5. The van der Waals surface area contributed by atoms with Crippen molar-refractivity contribution < 1.29 is 14.3 Å². The molecule has 2 N–H and O–H groups in total. The van der Waals surface area contributed by atoms with Gasteiger partial charge in [-0.15, -0.1) is 11.3 Å². The highest BCUT2D eigenvalue weighted by Crippen LogP contribution is 2.33. The first-order valence-electron chi connectivity index (χ1n) is 9.56. The fourth-order valence-electron chi connectivity index (χ4n) is 3.43. The minimum Gasteiger partial charge on any atom is -0.496 e. The Kier molecular flexibility index (Phi) is 7.64. The van der Waals surface area contributed by atoms with Gasteiger partial charge in [0, 0.05) is 30.1 Å². The van der Waals surface area contributed by atoms with Crippen molar-refractivity contribution in [3.63, 3.8) is 0 Å².